The molecular formula is C17H25N3O. The molecule has 0 spiro atoms. The number of aromatic nitrogens is 2. The van der Waals surface area contributed by atoms with Crippen molar-refractivity contribution in [2.75, 3.05) is 18.6 Å². The summed E-state index contributed by atoms with van der Waals surface area (Å²) in [6, 6.07) is 7.32. The average Bonchev–Trinajstić information content (AvgIpc) is 2.50. The number of nitrogens with zero attached hydrogens (tertiary/aromatic N) is 3. The van der Waals surface area contributed by atoms with E-state index in [1.165, 1.54) is 32.1 Å². The maximum atomic E-state index is 12.1. The van der Waals surface area contributed by atoms with Gasteiger partial charge in [0.05, 0.1) is 0 Å². The van der Waals surface area contributed by atoms with Crippen molar-refractivity contribution in [3.8, 4) is 0 Å². The van der Waals surface area contributed by atoms with Crippen LogP contribution in [0.15, 0.2) is 35.3 Å². The van der Waals surface area contributed by atoms with Crippen LogP contribution in [0.1, 0.15) is 45.4 Å². The van der Waals surface area contributed by atoms with Gasteiger partial charge >= 0.3 is 0 Å². The van der Waals surface area contributed by atoms with Crippen molar-refractivity contribution < 1.29 is 0 Å². The van der Waals surface area contributed by atoms with Crippen molar-refractivity contribution in [2.45, 2.75) is 45.4 Å². The highest BCUT2D eigenvalue weighted by Crippen LogP contribution is 2.09. The molecule has 21 heavy (non-hydrogen) atoms. The van der Waals surface area contributed by atoms with Crippen LogP contribution in [0.5, 0.6) is 0 Å². The Kier molecular flexibility index (Phi) is 5.78. The molecule has 0 aliphatic rings. The van der Waals surface area contributed by atoms with Gasteiger partial charge in [0.25, 0.3) is 5.56 Å². The zero-order valence-corrected chi connectivity index (χ0v) is 13.1. The van der Waals surface area contributed by atoms with Crippen LogP contribution in [0.2, 0.25) is 0 Å². The van der Waals surface area contributed by atoms with Crippen molar-refractivity contribution in [1.29, 1.82) is 0 Å². The van der Waals surface area contributed by atoms with Gasteiger partial charge in [0, 0.05) is 31.2 Å². The first kappa shape index (κ1) is 15.5. The molecule has 114 valence electrons. The van der Waals surface area contributed by atoms with Crippen molar-refractivity contribution in [3.63, 3.8) is 0 Å². The number of rotatable bonds is 8. The van der Waals surface area contributed by atoms with Gasteiger partial charge in [-0.05, 0) is 24.6 Å². The van der Waals surface area contributed by atoms with Gasteiger partial charge in [-0.1, -0.05) is 39.0 Å². The lowest BCUT2D eigenvalue weighted by Crippen LogP contribution is -2.39. The highest BCUT2D eigenvalue weighted by molar-refractivity contribution is 5.74. The first-order chi connectivity index (χ1) is 10.2. The van der Waals surface area contributed by atoms with Gasteiger partial charge in [0.15, 0.2) is 5.65 Å². The van der Waals surface area contributed by atoms with E-state index in [4.69, 9.17) is 0 Å². The number of pyridine rings is 2. The Balaban J connectivity index is 2.01. The Morgan fingerprint density at radius 1 is 1.10 bits per heavy atom. The van der Waals surface area contributed by atoms with Crippen LogP contribution in [-0.2, 0) is 0 Å². The molecule has 4 heteroatoms. The zero-order valence-electron chi connectivity index (χ0n) is 13.1. The van der Waals surface area contributed by atoms with Gasteiger partial charge in [0.1, 0.15) is 0 Å². The lowest BCUT2D eigenvalue weighted by atomic mass is 10.1. The molecule has 4 nitrogen and oxygen atoms in total. The maximum absolute atomic E-state index is 12.1. The third kappa shape index (κ3) is 4.06. The van der Waals surface area contributed by atoms with Crippen molar-refractivity contribution >= 4 is 11.0 Å². The third-order valence-electron chi connectivity index (χ3n) is 3.81. The Morgan fingerprint density at radius 2 is 1.86 bits per heavy atom. The number of hydrogen-bond acceptors (Lipinski definition) is 3. The molecular weight excluding hydrogens is 262 g/mol. The van der Waals surface area contributed by atoms with Gasteiger partial charge < -0.3 is 5.01 Å². The second-order valence-electron chi connectivity index (χ2n) is 5.55. The van der Waals surface area contributed by atoms with Crippen LogP contribution in [0, 0.1) is 0 Å². The first-order valence-corrected chi connectivity index (χ1v) is 7.92. The van der Waals surface area contributed by atoms with Crippen LogP contribution in [-0.4, -0.2) is 23.3 Å². The van der Waals surface area contributed by atoms with E-state index in [1.54, 1.807) is 16.9 Å². The molecule has 2 rings (SSSR count). The SMILES string of the molecule is CCCCCCCCN(C)n1c(=O)ccc2cccnc21. The Morgan fingerprint density at radius 3 is 2.67 bits per heavy atom. The van der Waals surface area contributed by atoms with E-state index < -0.39 is 0 Å². The number of fused-ring (bicyclic) bond motifs is 1. The van der Waals surface area contributed by atoms with E-state index in [9.17, 15) is 4.79 Å². The van der Waals surface area contributed by atoms with Crippen molar-refractivity contribution in [2.24, 2.45) is 0 Å². The molecule has 0 saturated carbocycles. The molecule has 0 N–H and O–H groups in total. The van der Waals surface area contributed by atoms with Crippen LogP contribution in [0.4, 0.5) is 0 Å². The molecule has 0 fully saturated rings. The van der Waals surface area contributed by atoms with E-state index >= 15 is 0 Å². The van der Waals surface area contributed by atoms with Gasteiger partial charge in [-0.25, -0.2) is 9.66 Å². The summed E-state index contributed by atoms with van der Waals surface area (Å²) in [4.78, 5) is 16.5. The van der Waals surface area contributed by atoms with E-state index in [1.807, 2.05) is 30.3 Å². The molecule has 0 saturated heterocycles. The van der Waals surface area contributed by atoms with Crippen LogP contribution in [0.25, 0.3) is 11.0 Å². The fraction of sp³-hybridized carbons (Fsp3) is 0.529. The smallest absolute Gasteiger partial charge is 0.270 e. The Bertz CT molecular complexity index is 621. The third-order valence-corrected chi connectivity index (χ3v) is 3.81. The van der Waals surface area contributed by atoms with Gasteiger partial charge in [0.2, 0.25) is 0 Å². The summed E-state index contributed by atoms with van der Waals surface area (Å²) < 4.78 is 1.68. The molecule has 0 atom stereocenters. The lowest BCUT2D eigenvalue weighted by molar-refractivity contribution is 0.564. The quantitative estimate of drug-likeness (QED) is 0.699. The second-order valence-corrected chi connectivity index (χ2v) is 5.55. The highest BCUT2D eigenvalue weighted by Gasteiger charge is 2.07. The van der Waals surface area contributed by atoms with E-state index in [-0.39, 0.29) is 5.56 Å². The summed E-state index contributed by atoms with van der Waals surface area (Å²) in [5.41, 5.74) is 0.716. The van der Waals surface area contributed by atoms with Gasteiger partial charge in [-0.3, -0.25) is 4.79 Å². The van der Waals surface area contributed by atoms with E-state index in [0.29, 0.717) is 0 Å². The minimum Gasteiger partial charge on any atom is -0.311 e. The Labute approximate surface area is 126 Å². The summed E-state index contributed by atoms with van der Waals surface area (Å²) in [5.74, 6) is 0. The molecule has 2 aromatic heterocycles. The van der Waals surface area contributed by atoms with E-state index in [0.717, 1.165) is 24.0 Å². The van der Waals surface area contributed by atoms with Crippen LogP contribution >= 0.6 is 0 Å². The molecule has 0 aromatic carbocycles. The molecule has 2 aromatic rings. The molecule has 0 aliphatic heterocycles. The first-order valence-electron chi connectivity index (χ1n) is 7.92. The van der Waals surface area contributed by atoms with E-state index in [2.05, 4.69) is 11.9 Å². The summed E-state index contributed by atoms with van der Waals surface area (Å²) in [7, 11) is 1.96. The largest absolute Gasteiger partial charge is 0.311 e. The van der Waals surface area contributed by atoms with Crippen LogP contribution < -0.4 is 10.6 Å². The molecule has 0 bridgehead atoms. The minimum atomic E-state index is -0.0188. The predicted molar refractivity (Wildman–Crippen MR) is 88.4 cm³/mol. The number of hydrogen-bond donors (Lipinski definition) is 0. The van der Waals surface area contributed by atoms with Crippen LogP contribution in [0.3, 0.4) is 0 Å². The minimum absolute atomic E-state index is 0.0188. The summed E-state index contributed by atoms with van der Waals surface area (Å²) in [5, 5.41) is 2.98. The standard InChI is InChI=1S/C17H25N3O/c1-3-4-5-6-7-8-14-19(2)20-16(21)12-11-15-10-9-13-18-17(15)20/h9-13H,3-8,14H2,1-2H3. The topological polar surface area (TPSA) is 38.1 Å². The predicted octanol–water partition coefficient (Wildman–Crippen LogP) is 3.32. The Hall–Kier alpha value is -1.84. The fourth-order valence-corrected chi connectivity index (χ4v) is 2.60. The number of unbranched alkanes of at least 4 members (excludes halogenated alkanes) is 5. The highest BCUT2D eigenvalue weighted by atomic mass is 16.1. The maximum Gasteiger partial charge on any atom is 0.270 e. The lowest BCUT2D eigenvalue weighted by Gasteiger charge is -2.22. The summed E-state index contributed by atoms with van der Waals surface area (Å²) >= 11 is 0. The molecule has 0 amide bonds. The molecule has 0 aliphatic carbocycles. The monoisotopic (exact) mass is 287 g/mol. The van der Waals surface area contributed by atoms with Crippen molar-refractivity contribution in [3.05, 3.63) is 40.8 Å². The molecule has 2 heterocycles. The second kappa shape index (κ2) is 7.81. The van der Waals surface area contributed by atoms with Crippen molar-refractivity contribution in [1.82, 2.24) is 9.66 Å². The average molecular weight is 287 g/mol. The molecule has 0 unspecified atom stereocenters. The fourth-order valence-electron chi connectivity index (χ4n) is 2.60. The summed E-state index contributed by atoms with van der Waals surface area (Å²) in [6.45, 7) is 3.11. The normalized spacial score (nSPS) is 11.0. The molecule has 0 radical (unpaired) electrons. The van der Waals surface area contributed by atoms with Gasteiger partial charge in [-0.15, -0.1) is 0 Å². The van der Waals surface area contributed by atoms with Gasteiger partial charge in [-0.2, -0.15) is 0 Å². The summed E-state index contributed by atoms with van der Waals surface area (Å²) in [6.07, 6.45) is 9.25. The zero-order chi connectivity index (χ0) is 15.1.